The summed E-state index contributed by atoms with van der Waals surface area (Å²) in [6.07, 6.45) is -3.39. The highest BCUT2D eigenvalue weighted by molar-refractivity contribution is 7.98. The number of likely N-dealkylation sites (N-methyl/N-ethyl adjacent to an activating group) is 1. The van der Waals surface area contributed by atoms with Gasteiger partial charge in [0.25, 0.3) is 0 Å². The predicted molar refractivity (Wildman–Crippen MR) is 119 cm³/mol. The lowest BCUT2D eigenvalue weighted by Crippen LogP contribution is -2.40. The van der Waals surface area contributed by atoms with Gasteiger partial charge in [-0.05, 0) is 50.2 Å². The predicted octanol–water partition coefficient (Wildman–Crippen LogP) is 4.25. The van der Waals surface area contributed by atoms with E-state index in [-0.39, 0.29) is 19.7 Å². The summed E-state index contributed by atoms with van der Waals surface area (Å²) in [6.45, 7) is 0.251. The van der Waals surface area contributed by atoms with Crippen molar-refractivity contribution in [2.45, 2.75) is 17.6 Å². The molecule has 0 aliphatic heterocycles. The van der Waals surface area contributed by atoms with E-state index in [0.29, 0.717) is 17.8 Å². The van der Waals surface area contributed by atoms with Gasteiger partial charge in [-0.3, -0.25) is 4.79 Å². The molecular weight excluding hydrogens is 443 g/mol. The molecule has 0 saturated carbocycles. The van der Waals surface area contributed by atoms with E-state index in [1.165, 1.54) is 28.8 Å². The van der Waals surface area contributed by atoms with E-state index >= 15 is 0 Å². The topological polar surface area (TPSA) is 61.9 Å². The molecule has 0 unspecified atom stereocenters. The Bertz CT molecular complexity index is 923. The van der Waals surface area contributed by atoms with Crippen LogP contribution in [0.1, 0.15) is 11.1 Å². The Labute approximate surface area is 189 Å². The molecule has 0 fully saturated rings. The maximum Gasteiger partial charge on any atom is 0.416 e. The van der Waals surface area contributed by atoms with Gasteiger partial charge in [-0.15, -0.1) is 11.8 Å². The standard InChI is InChI=1S/C22H26F3N3O3S/c1-27(2)11-12-31-21(30)26-14-20(29)28(18-9-4-5-10-19(18)32-3)15-16-7-6-8-17(13-16)22(23,24)25/h4-10,13H,11-12,14-15H2,1-3H3,(H,26,30). The fourth-order valence-electron chi connectivity index (χ4n) is 2.80. The molecule has 10 heteroatoms. The second-order valence-electron chi connectivity index (χ2n) is 7.14. The van der Waals surface area contributed by atoms with Gasteiger partial charge < -0.3 is 19.9 Å². The summed E-state index contributed by atoms with van der Waals surface area (Å²) in [5.74, 6) is -0.478. The van der Waals surface area contributed by atoms with Gasteiger partial charge in [-0.2, -0.15) is 13.2 Å². The Morgan fingerprint density at radius 2 is 1.81 bits per heavy atom. The van der Waals surface area contributed by atoms with E-state index in [4.69, 9.17) is 4.74 Å². The number of carbonyl (C=O) groups excluding carboxylic acids is 2. The molecule has 2 aromatic carbocycles. The van der Waals surface area contributed by atoms with Crippen LogP contribution in [0.4, 0.5) is 23.7 Å². The van der Waals surface area contributed by atoms with Crippen LogP contribution in [0.3, 0.4) is 0 Å². The average Bonchev–Trinajstić information content (AvgIpc) is 2.75. The number of alkyl halides is 3. The van der Waals surface area contributed by atoms with Crippen LogP contribution in [-0.4, -0.2) is 56.9 Å². The minimum absolute atomic E-state index is 0.0856. The second-order valence-corrected chi connectivity index (χ2v) is 7.99. The van der Waals surface area contributed by atoms with Crippen LogP contribution >= 0.6 is 11.8 Å². The van der Waals surface area contributed by atoms with Gasteiger partial charge in [-0.1, -0.05) is 24.3 Å². The molecule has 2 aromatic rings. The van der Waals surface area contributed by atoms with E-state index < -0.39 is 23.7 Å². The number of nitrogens with zero attached hydrogens (tertiary/aromatic N) is 2. The number of alkyl carbamates (subject to hydrolysis) is 1. The Morgan fingerprint density at radius 1 is 1.09 bits per heavy atom. The molecule has 0 aliphatic carbocycles. The van der Waals surface area contributed by atoms with Gasteiger partial charge in [0.1, 0.15) is 13.2 Å². The minimum atomic E-state index is -4.49. The third-order valence-electron chi connectivity index (χ3n) is 4.43. The summed E-state index contributed by atoms with van der Waals surface area (Å²) in [5.41, 5.74) is 0.0750. The zero-order valence-electron chi connectivity index (χ0n) is 18.1. The van der Waals surface area contributed by atoms with E-state index in [9.17, 15) is 22.8 Å². The first-order valence-electron chi connectivity index (χ1n) is 9.76. The molecule has 2 rings (SSSR count). The number of benzene rings is 2. The number of para-hydroxylation sites is 1. The lowest BCUT2D eigenvalue weighted by atomic mass is 10.1. The molecule has 0 radical (unpaired) electrons. The zero-order chi connectivity index (χ0) is 23.7. The molecule has 174 valence electrons. The highest BCUT2D eigenvalue weighted by Gasteiger charge is 2.30. The van der Waals surface area contributed by atoms with E-state index in [1.54, 1.807) is 12.1 Å². The maximum atomic E-state index is 13.1. The lowest BCUT2D eigenvalue weighted by Gasteiger charge is -2.25. The summed E-state index contributed by atoms with van der Waals surface area (Å²) in [7, 11) is 3.67. The van der Waals surface area contributed by atoms with Gasteiger partial charge in [0.15, 0.2) is 0 Å². The first-order chi connectivity index (χ1) is 15.1. The number of thioether (sulfide) groups is 1. The molecule has 0 aliphatic rings. The van der Waals surface area contributed by atoms with Crippen LogP contribution in [-0.2, 0) is 22.3 Å². The average molecular weight is 470 g/mol. The normalized spacial score (nSPS) is 11.3. The summed E-state index contributed by atoms with van der Waals surface area (Å²) < 4.78 is 44.4. The van der Waals surface area contributed by atoms with Crippen molar-refractivity contribution in [3.63, 3.8) is 0 Å². The molecule has 32 heavy (non-hydrogen) atoms. The van der Waals surface area contributed by atoms with E-state index in [0.717, 1.165) is 17.0 Å². The Morgan fingerprint density at radius 3 is 2.47 bits per heavy atom. The number of hydrogen-bond acceptors (Lipinski definition) is 5. The molecule has 0 spiro atoms. The molecule has 0 saturated heterocycles. The van der Waals surface area contributed by atoms with Crippen molar-refractivity contribution in [2.24, 2.45) is 0 Å². The first kappa shape index (κ1) is 25.5. The van der Waals surface area contributed by atoms with Crippen LogP contribution in [0, 0.1) is 0 Å². The van der Waals surface area contributed by atoms with Crippen molar-refractivity contribution >= 4 is 29.4 Å². The van der Waals surface area contributed by atoms with Gasteiger partial charge in [0, 0.05) is 11.4 Å². The van der Waals surface area contributed by atoms with E-state index in [2.05, 4.69) is 5.32 Å². The Hall–Kier alpha value is -2.72. The van der Waals surface area contributed by atoms with Gasteiger partial charge in [0.05, 0.1) is 17.8 Å². The Kier molecular flexibility index (Phi) is 9.40. The van der Waals surface area contributed by atoms with Crippen LogP contribution in [0.2, 0.25) is 0 Å². The number of rotatable bonds is 9. The van der Waals surface area contributed by atoms with E-state index in [1.807, 2.05) is 37.4 Å². The van der Waals surface area contributed by atoms with Crippen molar-refractivity contribution in [1.82, 2.24) is 10.2 Å². The van der Waals surface area contributed by atoms with Crippen LogP contribution in [0.15, 0.2) is 53.4 Å². The number of anilines is 1. The summed E-state index contributed by atoms with van der Waals surface area (Å²) in [4.78, 5) is 28.9. The summed E-state index contributed by atoms with van der Waals surface area (Å²) in [6, 6.07) is 11.9. The van der Waals surface area contributed by atoms with Crippen LogP contribution < -0.4 is 10.2 Å². The maximum absolute atomic E-state index is 13.1. The largest absolute Gasteiger partial charge is 0.448 e. The second kappa shape index (κ2) is 11.8. The molecule has 0 aromatic heterocycles. The lowest BCUT2D eigenvalue weighted by molar-refractivity contribution is -0.137. The number of amides is 2. The zero-order valence-corrected chi connectivity index (χ0v) is 18.9. The van der Waals surface area contributed by atoms with Crippen LogP contribution in [0.5, 0.6) is 0 Å². The molecular formula is C22H26F3N3O3S. The number of nitrogens with one attached hydrogen (secondary N) is 1. The van der Waals surface area contributed by atoms with Crippen LogP contribution in [0.25, 0.3) is 0 Å². The van der Waals surface area contributed by atoms with Gasteiger partial charge in [-0.25, -0.2) is 4.79 Å². The SMILES string of the molecule is CSc1ccccc1N(Cc1cccc(C(F)(F)F)c1)C(=O)CNC(=O)OCCN(C)C. The molecule has 0 bridgehead atoms. The van der Waals surface area contributed by atoms with Gasteiger partial charge >= 0.3 is 12.3 Å². The number of carbonyl (C=O) groups is 2. The summed E-state index contributed by atoms with van der Waals surface area (Å²) in [5, 5.41) is 2.41. The highest BCUT2D eigenvalue weighted by Crippen LogP contribution is 2.32. The third kappa shape index (κ3) is 7.76. The fourth-order valence-corrected chi connectivity index (χ4v) is 3.41. The minimum Gasteiger partial charge on any atom is -0.448 e. The van der Waals surface area contributed by atoms with Crippen molar-refractivity contribution in [3.8, 4) is 0 Å². The quantitative estimate of drug-likeness (QED) is 0.557. The van der Waals surface area contributed by atoms with Crippen molar-refractivity contribution in [2.75, 3.05) is 44.9 Å². The van der Waals surface area contributed by atoms with Crippen molar-refractivity contribution in [3.05, 3.63) is 59.7 Å². The number of hydrogen-bond donors (Lipinski definition) is 1. The molecule has 2 amide bonds. The smallest absolute Gasteiger partial charge is 0.416 e. The fraction of sp³-hybridized carbons (Fsp3) is 0.364. The Balaban J connectivity index is 2.20. The summed E-state index contributed by atoms with van der Waals surface area (Å²) >= 11 is 1.41. The molecule has 1 N–H and O–H groups in total. The highest BCUT2D eigenvalue weighted by atomic mass is 32.2. The monoisotopic (exact) mass is 469 g/mol. The number of ether oxygens (including phenoxy) is 1. The van der Waals surface area contributed by atoms with Crippen molar-refractivity contribution < 1.29 is 27.5 Å². The first-order valence-corrected chi connectivity index (χ1v) is 11.0. The van der Waals surface area contributed by atoms with Crippen molar-refractivity contribution in [1.29, 1.82) is 0 Å². The molecule has 6 nitrogen and oxygen atoms in total. The number of halogens is 3. The molecule has 0 heterocycles. The third-order valence-corrected chi connectivity index (χ3v) is 5.21. The molecule has 0 atom stereocenters. The van der Waals surface area contributed by atoms with Gasteiger partial charge in [0.2, 0.25) is 5.91 Å².